The molecule has 0 bridgehead atoms. The van der Waals surface area contributed by atoms with Gasteiger partial charge in [0.1, 0.15) is 11.6 Å². The molecule has 1 saturated heterocycles. The van der Waals surface area contributed by atoms with Gasteiger partial charge < -0.3 is 25.8 Å². The normalized spacial score (nSPS) is 14.6. The summed E-state index contributed by atoms with van der Waals surface area (Å²) in [6, 6.07) is 4.96. The lowest BCUT2D eigenvalue weighted by Crippen LogP contribution is -2.40. The number of amides is 1. The zero-order valence-corrected chi connectivity index (χ0v) is 17.8. The molecule has 1 aromatic carbocycles. The van der Waals surface area contributed by atoms with Crippen LogP contribution in [-0.2, 0) is 4.74 Å². The standard InChI is InChI=1S/C22H26N6O3/c1-22(2,3)27-21-25-12-16-18(26-21)15(11-24-19(16)23)13-4-5-14(17(29)10-13)20(30)28-6-8-31-9-7-28/h4-5,10-12,29H,6-9H2,1-3H3,(H2,23,24)(H,25,26,27). The number of morpholine rings is 1. The van der Waals surface area contributed by atoms with Gasteiger partial charge in [-0.15, -0.1) is 0 Å². The number of rotatable bonds is 3. The number of aromatic nitrogens is 3. The smallest absolute Gasteiger partial charge is 0.257 e. The van der Waals surface area contributed by atoms with Gasteiger partial charge in [-0.3, -0.25) is 4.79 Å². The minimum absolute atomic E-state index is 0.0962. The molecule has 4 N–H and O–H groups in total. The summed E-state index contributed by atoms with van der Waals surface area (Å²) in [5.74, 6) is 0.479. The molecule has 3 heterocycles. The SMILES string of the molecule is CC(C)(C)Nc1ncc2c(N)ncc(-c3ccc(C(=O)N4CCOCC4)c(O)c3)c2n1. The molecule has 4 rings (SSSR count). The van der Waals surface area contributed by atoms with E-state index in [1.54, 1.807) is 35.5 Å². The van der Waals surface area contributed by atoms with E-state index in [1.807, 2.05) is 20.8 Å². The van der Waals surface area contributed by atoms with Crippen LogP contribution in [0.25, 0.3) is 22.0 Å². The van der Waals surface area contributed by atoms with E-state index in [4.69, 9.17) is 10.5 Å². The Hall–Kier alpha value is -3.46. The highest BCUT2D eigenvalue weighted by Crippen LogP contribution is 2.33. The number of ether oxygens (including phenoxy) is 1. The molecule has 0 radical (unpaired) electrons. The van der Waals surface area contributed by atoms with E-state index in [-0.39, 0.29) is 22.8 Å². The molecule has 0 atom stereocenters. The molecule has 1 aliphatic heterocycles. The zero-order chi connectivity index (χ0) is 22.2. The zero-order valence-electron chi connectivity index (χ0n) is 17.8. The topological polar surface area (TPSA) is 126 Å². The number of carbonyl (C=O) groups excluding carboxylic acids is 1. The lowest BCUT2D eigenvalue weighted by molar-refractivity contribution is 0.0301. The lowest BCUT2D eigenvalue weighted by atomic mass is 10.0. The van der Waals surface area contributed by atoms with Gasteiger partial charge in [-0.1, -0.05) is 6.07 Å². The largest absolute Gasteiger partial charge is 0.507 e. The third kappa shape index (κ3) is 4.36. The maximum Gasteiger partial charge on any atom is 0.257 e. The molecule has 0 aliphatic carbocycles. The van der Waals surface area contributed by atoms with Crippen molar-refractivity contribution in [2.24, 2.45) is 0 Å². The van der Waals surface area contributed by atoms with Crippen LogP contribution in [0, 0.1) is 0 Å². The van der Waals surface area contributed by atoms with E-state index < -0.39 is 0 Å². The van der Waals surface area contributed by atoms with E-state index in [1.165, 1.54) is 0 Å². The van der Waals surface area contributed by atoms with E-state index in [2.05, 4.69) is 20.3 Å². The molecule has 31 heavy (non-hydrogen) atoms. The highest BCUT2D eigenvalue weighted by molar-refractivity contribution is 6.01. The molecule has 0 unspecified atom stereocenters. The summed E-state index contributed by atoms with van der Waals surface area (Å²) >= 11 is 0. The monoisotopic (exact) mass is 422 g/mol. The second kappa shape index (κ2) is 7.99. The van der Waals surface area contributed by atoms with E-state index >= 15 is 0 Å². The van der Waals surface area contributed by atoms with Crippen molar-refractivity contribution in [2.45, 2.75) is 26.3 Å². The van der Waals surface area contributed by atoms with E-state index in [0.717, 1.165) is 0 Å². The molecule has 162 valence electrons. The number of nitrogens with two attached hydrogens (primary N) is 1. The predicted molar refractivity (Wildman–Crippen MR) is 119 cm³/mol. The molecular formula is C22H26N6O3. The van der Waals surface area contributed by atoms with Crippen molar-refractivity contribution in [1.82, 2.24) is 19.9 Å². The third-order valence-corrected chi connectivity index (χ3v) is 4.98. The molecule has 1 amide bonds. The number of benzene rings is 1. The van der Waals surface area contributed by atoms with Gasteiger partial charge in [0.15, 0.2) is 0 Å². The first kappa shape index (κ1) is 20.8. The van der Waals surface area contributed by atoms with Crippen molar-refractivity contribution in [3.8, 4) is 16.9 Å². The molecule has 1 aliphatic rings. The van der Waals surface area contributed by atoms with Gasteiger partial charge in [0.25, 0.3) is 5.91 Å². The van der Waals surface area contributed by atoms with Crippen LogP contribution in [0.15, 0.2) is 30.6 Å². The second-order valence-corrected chi connectivity index (χ2v) is 8.52. The first-order chi connectivity index (χ1) is 14.7. The van der Waals surface area contributed by atoms with Gasteiger partial charge >= 0.3 is 0 Å². The summed E-state index contributed by atoms with van der Waals surface area (Å²) in [6.45, 7) is 8.07. The molecule has 0 spiro atoms. The predicted octanol–water partition coefficient (Wildman–Crippen LogP) is 2.66. The second-order valence-electron chi connectivity index (χ2n) is 8.52. The van der Waals surface area contributed by atoms with Crippen molar-refractivity contribution >= 4 is 28.6 Å². The Morgan fingerprint density at radius 1 is 1.19 bits per heavy atom. The summed E-state index contributed by atoms with van der Waals surface area (Å²) < 4.78 is 5.29. The number of nitrogens with one attached hydrogen (secondary N) is 1. The van der Waals surface area contributed by atoms with Gasteiger partial charge in [-0.2, -0.15) is 0 Å². The van der Waals surface area contributed by atoms with Crippen molar-refractivity contribution in [2.75, 3.05) is 37.4 Å². The number of hydrogen-bond acceptors (Lipinski definition) is 8. The molecule has 2 aromatic heterocycles. The van der Waals surface area contributed by atoms with Gasteiger partial charge in [0, 0.05) is 36.6 Å². The summed E-state index contributed by atoms with van der Waals surface area (Å²) in [5.41, 5.74) is 8.04. The van der Waals surface area contributed by atoms with Crippen LogP contribution in [0.4, 0.5) is 11.8 Å². The summed E-state index contributed by atoms with van der Waals surface area (Å²) in [4.78, 5) is 27.7. The van der Waals surface area contributed by atoms with E-state index in [9.17, 15) is 9.90 Å². The average molecular weight is 422 g/mol. The van der Waals surface area contributed by atoms with Crippen LogP contribution < -0.4 is 11.1 Å². The van der Waals surface area contributed by atoms with Crippen LogP contribution >= 0.6 is 0 Å². The van der Waals surface area contributed by atoms with Crippen LogP contribution in [0.2, 0.25) is 0 Å². The minimum atomic E-state index is -0.216. The van der Waals surface area contributed by atoms with Gasteiger partial charge in [0.05, 0.1) is 29.7 Å². The Labute approximate surface area is 180 Å². The van der Waals surface area contributed by atoms with Crippen molar-refractivity contribution in [3.05, 3.63) is 36.2 Å². The lowest BCUT2D eigenvalue weighted by Gasteiger charge is -2.27. The Kier molecular flexibility index (Phi) is 5.36. The maximum atomic E-state index is 12.8. The first-order valence-corrected chi connectivity index (χ1v) is 10.1. The molecule has 9 nitrogen and oxygen atoms in total. The maximum absolute atomic E-state index is 12.8. The number of pyridine rings is 1. The van der Waals surface area contributed by atoms with E-state index in [0.29, 0.717) is 60.1 Å². The van der Waals surface area contributed by atoms with Gasteiger partial charge in [0.2, 0.25) is 5.95 Å². The van der Waals surface area contributed by atoms with Crippen molar-refractivity contribution in [1.29, 1.82) is 0 Å². The number of anilines is 2. The Morgan fingerprint density at radius 2 is 1.94 bits per heavy atom. The number of phenolic OH excluding ortho intramolecular Hbond substituents is 1. The molecule has 1 fully saturated rings. The Bertz CT molecular complexity index is 1140. The summed E-state index contributed by atoms with van der Waals surface area (Å²) in [5, 5.41) is 14.5. The fraction of sp³-hybridized carbons (Fsp3) is 0.364. The number of aromatic hydroxyl groups is 1. The fourth-order valence-electron chi connectivity index (χ4n) is 3.46. The van der Waals surface area contributed by atoms with Crippen LogP contribution in [0.3, 0.4) is 0 Å². The number of carbonyl (C=O) groups is 1. The summed E-state index contributed by atoms with van der Waals surface area (Å²) in [7, 11) is 0. The van der Waals surface area contributed by atoms with Crippen molar-refractivity contribution < 1.29 is 14.6 Å². The van der Waals surface area contributed by atoms with Gasteiger partial charge in [-0.25, -0.2) is 15.0 Å². The average Bonchev–Trinajstić information content (AvgIpc) is 2.73. The minimum Gasteiger partial charge on any atom is -0.507 e. The first-order valence-electron chi connectivity index (χ1n) is 10.1. The van der Waals surface area contributed by atoms with Crippen LogP contribution in [0.1, 0.15) is 31.1 Å². The number of nitrogen functional groups attached to an aromatic ring is 1. The summed E-state index contributed by atoms with van der Waals surface area (Å²) in [6.07, 6.45) is 3.25. The van der Waals surface area contributed by atoms with Crippen LogP contribution in [0.5, 0.6) is 5.75 Å². The Balaban J connectivity index is 1.74. The third-order valence-electron chi connectivity index (χ3n) is 4.98. The van der Waals surface area contributed by atoms with Gasteiger partial charge in [-0.05, 0) is 38.5 Å². The highest BCUT2D eigenvalue weighted by Gasteiger charge is 2.22. The fourth-order valence-corrected chi connectivity index (χ4v) is 3.46. The number of phenols is 1. The molecule has 9 heteroatoms. The molecular weight excluding hydrogens is 396 g/mol. The van der Waals surface area contributed by atoms with Crippen LogP contribution in [-0.4, -0.2) is 62.7 Å². The Morgan fingerprint density at radius 3 is 2.61 bits per heavy atom. The number of nitrogens with zero attached hydrogens (tertiary/aromatic N) is 4. The molecule has 3 aromatic rings. The highest BCUT2D eigenvalue weighted by atomic mass is 16.5. The van der Waals surface area contributed by atoms with Crippen molar-refractivity contribution in [3.63, 3.8) is 0 Å². The molecule has 0 saturated carbocycles. The quantitative estimate of drug-likeness (QED) is 0.588. The number of fused-ring (bicyclic) bond motifs is 1. The number of hydrogen-bond donors (Lipinski definition) is 3.